The van der Waals surface area contributed by atoms with Crippen molar-refractivity contribution in [3.05, 3.63) is 35.8 Å². The average molecular weight is 265 g/mol. The van der Waals surface area contributed by atoms with Gasteiger partial charge in [-0.2, -0.15) is 0 Å². The molecule has 96 valence electrons. The Hall–Kier alpha value is -1.82. The summed E-state index contributed by atoms with van der Waals surface area (Å²) in [5, 5.41) is 0. The van der Waals surface area contributed by atoms with E-state index in [9.17, 15) is 8.42 Å². The van der Waals surface area contributed by atoms with Crippen molar-refractivity contribution >= 4 is 15.7 Å². The fraction of sp³-hybridized carbons (Fsp3) is 0.250. The smallest absolute Gasteiger partial charge is 0.229 e. The predicted octanol–water partition coefficient (Wildman–Crippen LogP) is 2.07. The number of hydrogen-bond acceptors (Lipinski definition) is 3. The lowest BCUT2D eigenvalue weighted by Gasteiger charge is -2.04. The highest BCUT2D eigenvalue weighted by molar-refractivity contribution is 7.92. The first-order valence-electron chi connectivity index (χ1n) is 5.46. The Morgan fingerprint density at radius 3 is 2.22 bits per heavy atom. The summed E-state index contributed by atoms with van der Waals surface area (Å²) in [6.07, 6.45) is 1.13. The van der Waals surface area contributed by atoms with Crippen molar-refractivity contribution in [2.75, 3.05) is 11.0 Å². The van der Waals surface area contributed by atoms with Gasteiger partial charge in [0.1, 0.15) is 5.82 Å². The van der Waals surface area contributed by atoms with E-state index in [-0.39, 0.29) is 0 Å². The summed E-state index contributed by atoms with van der Waals surface area (Å²) in [6, 6.07) is 7.13. The Morgan fingerprint density at radius 2 is 1.78 bits per heavy atom. The highest BCUT2D eigenvalue weighted by Gasteiger charge is 2.07. The zero-order valence-corrected chi connectivity index (χ0v) is 11.3. The summed E-state index contributed by atoms with van der Waals surface area (Å²) < 4.78 is 24.6. The minimum Gasteiger partial charge on any atom is -0.346 e. The van der Waals surface area contributed by atoms with Crippen LogP contribution in [0.1, 0.15) is 11.5 Å². The number of hydrogen-bond donors (Lipinski definition) is 2. The number of anilines is 1. The number of nitrogens with zero attached hydrogens (tertiary/aromatic N) is 1. The van der Waals surface area contributed by atoms with Gasteiger partial charge < -0.3 is 4.98 Å². The number of aromatic amines is 1. The highest BCUT2D eigenvalue weighted by Crippen LogP contribution is 2.23. The lowest BCUT2D eigenvalue weighted by atomic mass is 10.1. The molecule has 1 aromatic carbocycles. The van der Waals surface area contributed by atoms with Gasteiger partial charge >= 0.3 is 0 Å². The van der Waals surface area contributed by atoms with E-state index >= 15 is 0 Å². The summed E-state index contributed by atoms with van der Waals surface area (Å²) in [5.74, 6) is 0.862. The number of H-pyrrole nitrogens is 1. The molecular weight excluding hydrogens is 250 g/mol. The Kier molecular flexibility index (Phi) is 3.13. The number of aromatic nitrogens is 2. The van der Waals surface area contributed by atoms with Gasteiger partial charge in [-0.25, -0.2) is 13.4 Å². The zero-order chi connectivity index (χ0) is 13.3. The molecule has 0 unspecified atom stereocenters. The maximum absolute atomic E-state index is 11.1. The van der Waals surface area contributed by atoms with Crippen LogP contribution in [0.15, 0.2) is 24.3 Å². The summed E-state index contributed by atoms with van der Waals surface area (Å²) in [7, 11) is -3.23. The van der Waals surface area contributed by atoms with E-state index < -0.39 is 10.0 Å². The number of rotatable bonds is 3. The molecule has 0 fully saturated rings. The minimum atomic E-state index is -3.23. The van der Waals surface area contributed by atoms with Crippen molar-refractivity contribution in [3.63, 3.8) is 0 Å². The summed E-state index contributed by atoms with van der Waals surface area (Å²) in [6.45, 7) is 3.86. The molecule has 2 aromatic rings. The molecule has 0 saturated heterocycles. The van der Waals surface area contributed by atoms with Crippen LogP contribution in [0.4, 0.5) is 5.69 Å². The van der Waals surface area contributed by atoms with Gasteiger partial charge in [-0.1, -0.05) is 12.1 Å². The van der Waals surface area contributed by atoms with Gasteiger partial charge in [-0.15, -0.1) is 0 Å². The third kappa shape index (κ3) is 2.89. The van der Waals surface area contributed by atoms with Gasteiger partial charge in [-0.05, 0) is 26.0 Å². The Labute approximate surface area is 106 Å². The van der Waals surface area contributed by atoms with E-state index in [1.807, 2.05) is 26.0 Å². The third-order valence-electron chi connectivity index (χ3n) is 2.46. The molecular formula is C12H15N3O2S. The van der Waals surface area contributed by atoms with Gasteiger partial charge in [-0.3, -0.25) is 4.72 Å². The second-order valence-electron chi connectivity index (χ2n) is 4.25. The molecule has 5 nitrogen and oxygen atoms in total. The number of aryl methyl sites for hydroxylation is 2. The summed E-state index contributed by atoms with van der Waals surface area (Å²) in [4.78, 5) is 7.53. The first-order valence-corrected chi connectivity index (χ1v) is 7.36. The van der Waals surface area contributed by atoms with Crippen LogP contribution in [0.5, 0.6) is 0 Å². The second-order valence-corrected chi connectivity index (χ2v) is 6.00. The number of imidazole rings is 1. The van der Waals surface area contributed by atoms with E-state index in [1.165, 1.54) is 0 Å². The highest BCUT2D eigenvalue weighted by atomic mass is 32.2. The van der Waals surface area contributed by atoms with E-state index in [1.54, 1.807) is 12.1 Å². The molecule has 0 spiro atoms. The SMILES string of the molecule is Cc1nc(-c2ccc(NS(C)(=O)=O)cc2)c(C)[nH]1. The maximum Gasteiger partial charge on any atom is 0.229 e. The van der Waals surface area contributed by atoms with E-state index in [0.717, 1.165) is 29.0 Å². The molecule has 0 atom stereocenters. The Morgan fingerprint density at radius 1 is 1.17 bits per heavy atom. The third-order valence-corrected chi connectivity index (χ3v) is 3.07. The molecule has 0 aliphatic carbocycles. The van der Waals surface area contributed by atoms with Gasteiger partial charge in [0, 0.05) is 16.9 Å². The molecule has 18 heavy (non-hydrogen) atoms. The van der Waals surface area contributed by atoms with Gasteiger partial charge in [0.2, 0.25) is 10.0 Å². The molecule has 6 heteroatoms. The quantitative estimate of drug-likeness (QED) is 0.892. The van der Waals surface area contributed by atoms with Gasteiger partial charge in [0.15, 0.2) is 0 Å². The molecule has 1 heterocycles. The summed E-state index contributed by atoms with van der Waals surface area (Å²) in [5.41, 5.74) is 3.39. The lowest BCUT2D eigenvalue weighted by molar-refractivity contribution is 0.607. The van der Waals surface area contributed by atoms with Crippen LogP contribution in [0.2, 0.25) is 0 Å². The molecule has 0 radical (unpaired) electrons. The monoisotopic (exact) mass is 265 g/mol. The van der Waals surface area contributed by atoms with Crippen molar-refractivity contribution < 1.29 is 8.42 Å². The van der Waals surface area contributed by atoms with Crippen LogP contribution in [0.25, 0.3) is 11.3 Å². The average Bonchev–Trinajstić information content (AvgIpc) is 2.57. The molecule has 2 rings (SSSR count). The normalized spacial score (nSPS) is 11.5. The van der Waals surface area contributed by atoms with Crippen LogP contribution >= 0.6 is 0 Å². The molecule has 2 N–H and O–H groups in total. The van der Waals surface area contributed by atoms with E-state index in [0.29, 0.717) is 5.69 Å². The number of nitrogens with one attached hydrogen (secondary N) is 2. The van der Waals surface area contributed by atoms with Crippen molar-refractivity contribution in [2.45, 2.75) is 13.8 Å². The fourth-order valence-corrected chi connectivity index (χ4v) is 2.37. The molecule has 0 aliphatic heterocycles. The fourth-order valence-electron chi connectivity index (χ4n) is 1.80. The van der Waals surface area contributed by atoms with Crippen molar-refractivity contribution in [1.82, 2.24) is 9.97 Å². The molecule has 0 aliphatic rings. The van der Waals surface area contributed by atoms with Crippen LogP contribution in [0.3, 0.4) is 0 Å². The van der Waals surface area contributed by atoms with Crippen molar-refractivity contribution in [2.24, 2.45) is 0 Å². The van der Waals surface area contributed by atoms with Crippen LogP contribution < -0.4 is 4.72 Å². The van der Waals surface area contributed by atoms with Crippen LogP contribution in [0, 0.1) is 13.8 Å². The first kappa shape index (κ1) is 12.6. The Balaban J connectivity index is 2.30. The van der Waals surface area contributed by atoms with Gasteiger partial charge in [0.05, 0.1) is 11.9 Å². The largest absolute Gasteiger partial charge is 0.346 e. The maximum atomic E-state index is 11.1. The summed E-state index contributed by atoms with van der Waals surface area (Å²) >= 11 is 0. The van der Waals surface area contributed by atoms with E-state index in [4.69, 9.17) is 0 Å². The number of sulfonamides is 1. The first-order chi connectivity index (χ1) is 8.35. The number of benzene rings is 1. The zero-order valence-electron chi connectivity index (χ0n) is 10.5. The minimum absolute atomic E-state index is 0.547. The molecule has 1 aromatic heterocycles. The van der Waals surface area contributed by atoms with Crippen molar-refractivity contribution in [3.8, 4) is 11.3 Å². The second kappa shape index (κ2) is 4.45. The molecule has 0 bridgehead atoms. The van der Waals surface area contributed by atoms with Crippen molar-refractivity contribution in [1.29, 1.82) is 0 Å². The lowest BCUT2D eigenvalue weighted by Crippen LogP contribution is -2.09. The van der Waals surface area contributed by atoms with Crippen LogP contribution in [-0.4, -0.2) is 24.6 Å². The Bertz CT molecular complexity index is 657. The topological polar surface area (TPSA) is 74.8 Å². The van der Waals surface area contributed by atoms with Gasteiger partial charge in [0.25, 0.3) is 0 Å². The molecule has 0 amide bonds. The van der Waals surface area contributed by atoms with Crippen LogP contribution in [-0.2, 0) is 10.0 Å². The standard InChI is InChI=1S/C12H15N3O2S/c1-8-12(14-9(2)13-8)10-4-6-11(7-5-10)15-18(3,16)17/h4-7,15H,1-3H3,(H,13,14). The van der Waals surface area contributed by atoms with E-state index in [2.05, 4.69) is 14.7 Å². The predicted molar refractivity (Wildman–Crippen MR) is 72.0 cm³/mol. The molecule has 0 saturated carbocycles.